The van der Waals surface area contributed by atoms with Crippen molar-refractivity contribution in [1.82, 2.24) is 19.9 Å². The van der Waals surface area contributed by atoms with Crippen LogP contribution in [-0.2, 0) is 24.3 Å². The van der Waals surface area contributed by atoms with Gasteiger partial charge in [0.2, 0.25) is 11.9 Å². The average molecular weight is 416 g/mol. The molecule has 6 heteroatoms. The summed E-state index contributed by atoms with van der Waals surface area (Å²) in [5, 5.41) is 0. The van der Waals surface area contributed by atoms with E-state index in [-0.39, 0.29) is 11.8 Å². The monoisotopic (exact) mass is 415 g/mol. The Hall–Kier alpha value is -3.28. The Morgan fingerprint density at radius 2 is 1.74 bits per heavy atom. The lowest BCUT2D eigenvalue weighted by molar-refractivity contribution is -0.137. The van der Waals surface area contributed by atoms with Crippen molar-refractivity contribution in [1.29, 1.82) is 0 Å². The van der Waals surface area contributed by atoms with E-state index in [0.717, 1.165) is 36.9 Å². The van der Waals surface area contributed by atoms with Crippen molar-refractivity contribution in [3.63, 3.8) is 0 Å². The summed E-state index contributed by atoms with van der Waals surface area (Å²) in [6.45, 7) is 4.84. The average Bonchev–Trinajstić information content (AvgIpc) is 2.85. The summed E-state index contributed by atoms with van der Waals surface area (Å²) in [5.41, 5.74) is 3.49. The third kappa shape index (κ3) is 5.45. The molecule has 1 aliphatic rings. The number of nitrogens with zero attached hydrogens (tertiary/aromatic N) is 5. The minimum Gasteiger partial charge on any atom is -0.340 e. The molecule has 1 amide bonds. The fourth-order valence-corrected chi connectivity index (χ4v) is 4.10. The van der Waals surface area contributed by atoms with Crippen LogP contribution in [0.1, 0.15) is 36.5 Å². The minimum absolute atomic E-state index is 0.0656. The van der Waals surface area contributed by atoms with Gasteiger partial charge >= 0.3 is 0 Å². The van der Waals surface area contributed by atoms with Crippen LogP contribution in [0.15, 0.2) is 67.3 Å². The van der Waals surface area contributed by atoms with Crippen LogP contribution in [-0.4, -0.2) is 38.8 Å². The fraction of sp³-hybridized carbons (Fsp3) is 0.360. The number of hydrogen-bond donors (Lipinski definition) is 0. The Balaban J connectivity index is 1.52. The number of hydrogen-bond acceptors (Lipinski definition) is 5. The second-order valence-electron chi connectivity index (χ2n) is 8.06. The molecule has 0 saturated carbocycles. The molecule has 2 aromatic heterocycles. The summed E-state index contributed by atoms with van der Waals surface area (Å²) in [6.07, 6.45) is 9.97. The fourth-order valence-electron chi connectivity index (χ4n) is 4.10. The summed E-state index contributed by atoms with van der Waals surface area (Å²) in [7, 11) is 0. The number of amides is 1. The van der Waals surface area contributed by atoms with Crippen LogP contribution < -0.4 is 4.90 Å². The molecular formula is C25H29N5O. The third-order valence-electron chi connectivity index (χ3n) is 5.82. The first-order valence-corrected chi connectivity index (χ1v) is 11.0. The normalized spacial score (nSPS) is 16.2. The molecule has 1 unspecified atom stereocenters. The number of piperidine rings is 1. The molecule has 1 aromatic carbocycles. The highest BCUT2D eigenvalue weighted by Crippen LogP contribution is 2.24. The number of aryl methyl sites for hydroxylation is 1. The van der Waals surface area contributed by atoms with E-state index in [9.17, 15) is 4.79 Å². The van der Waals surface area contributed by atoms with Crippen molar-refractivity contribution in [3.05, 3.63) is 83.9 Å². The summed E-state index contributed by atoms with van der Waals surface area (Å²) in [6, 6.07) is 14.3. The quantitative estimate of drug-likeness (QED) is 0.586. The second kappa shape index (κ2) is 10.2. The molecule has 0 bridgehead atoms. The van der Waals surface area contributed by atoms with E-state index in [2.05, 4.69) is 51.0 Å². The summed E-state index contributed by atoms with van der Waals surface area (Å²) < 4.78 is 0. The standard InChI is InChI=1S/C25H29N5O/c1-2-20-8-10-21(11-9-20)17-30(18-22-6-3-12-26-16-22)24(31)23-7-4-15-29(19-23)25-27-13-5-14-28-25/h3,5-6,8-14,16,23H,2,4,7,15,17-19H2,1H3. The van der Waals surface area contributed by atoms with E-state index in [4.69, 9.17) is 0 Å². The molecule has 1 saturated heterocycles. The van der Waals surface area contributed by atoms with E-state index in [0.29, 0.717) is 25.6 Å². The molecule has 3 aromatic rings. The predicted molar refractivity (Wildman–Crippen MR) is 121 cm³/mol. The smallest absolute Gasteiger partial charge is 0.228 e. The number of rotatable bonds is 7. The largest absolute Gasteiger partial charge is 0.340 e. The van der Waals surface area contributed by atoms with E-state index < -0.39 is 0 Å². The van der Waals surface area contributed by atoms with Gasteiger partial charge in [0.15, 0.2) is 0 Å². The summed E-state index contributed by atoms with van der Waals surface area (Å²) in [5.74, 6) is 0.821. The maximum Gasteiger partial charge on any atom is 0.228 e. The van der Waals surface area contributed by atoms with Gasteiger partial charge in [0, 0.05) is 51.0 Å². The molecule has 1 fully saturated rings. The van der Waals surface area contributed by atoms with Crippen molar-refractivity contribution >= 4 is 11.9 Å². The van der Waals surface area contributed by atoms with Gasteiger partial charge in [-0.2, -0.15) is 0 Å². The third-order valence-corrected chi connectivity index (χ3v) is 5.82. The molecule has 0 aliphatic carbocycles. The molecule has 0 N–H and O–H groups in total. The molecular weight excluding hydrogens is 386 g/mol. The van der Waals surface area contributed by atoms with Gasteiger partial charge in [-0.3, -0.25) is 9.78 Å². The van der Waals surface area contributed by atoms with Crippen molar-refractivity contribution in [2.75, 3.05) is 18.0 Å². The highest BCUT2D eigenvalue weighted by Gasteiger charge is 2.30. The number of carbonyl (C=O) groups is 1. The molecule has 0 spiro atoms. The van der Waals surface area contributed by atoms with Gasteiger partial charge < -0.3 is 9.80 Å². The maximum absolute atomic E-state index is 13.6. The lowest BCUT2D eigenvalue weighted by Gasteiger charge is -2.35. The molecule has 3 heterocycles. The van der Waals surface area contributed by atoms with Gasteiger partial charge in [0.1, 0.15) is 0 Å². The SMILES string of the molecule is CCc1ccc(CN(Cc2cccnc2)C(=O)C2CCCN(c3ncccn3)C2)cc1. The van der Waals surface area contributed by atoms with Crippen LogP contribution in [0.25, 0.3) is 0 Å². The molecule has 31 heavy (non-hydrogen) atoms. The molecule has 0 radical (unpaired) electrons. The van der Waals surface area contributed by atoms with Crippen LogP contribution in [0, 0.1) is 5.92 Å². The number of benzene rings is 1. The lowest BCUT2D eigenvalue weighted by atomic mass is 9.96. The van der Waals surface area contributed by atoms with Crippen molar-refractivity contribution in [2.24, 2.45) is 5.92 Å². The zero-order chi connectivity index (χ0) is 21.5. The summed E-state index contributed by atoms with van der Waals surface area (Å²) in [4.78, 5) is 30.7. The van der Waals surface area contributed by atoms with Crippen LogP contribution in [0.4, 0.5) is 5.95 Å². The second-order valence-corrected chi connectivity index (χ2v) is 8.06. The number of aromatic nitrogens is 3. The minimum atomic E-state index is -0.0656. The van der Waals surface area contributed by atoms with E-state index in [1.807, 2.05) is 29.3 Å². The number of pyridine rings is 1. The molecule has 6 nitrogen and oxygen atoms in total. The zero-order valence-electron chi connectivity index (χ0n) is 18.0. The molecule has 160 valence electrons. The Bertz CT molecular complexity index is 962. The number of anilines is 1. The van der Waals surface area contributed by atoms with Crippen molar-refractivity contribution in [2.45, 2.75) is 39.3 Å². The molecule has 4 rings (SSSR count). The lowest BCUT2D eigenvalue weighted by Crippen LogP contribution is -2.45. The predicted octanol–water partition coefficient (Wildman–Crippen LogP) is 3.88. The Labute approximate surface area is 184 Å². The number of carbonyl (C=O) groups excluding carboxylic acids is 1. The van der Waals surface area contributed by atoms with Gasteiger partial charge in [-0.1, -0.05) is 37.3 Å². The van der Waals surface area contributed by atoms with E-state index >= 15 is 0 Å². The Kier molecular flexibility index (Phi) is 6.87. The first-order valence-electron chi connectivity index (χ1n) is 11.0. The van der Waals surface area contributed by atoms with Crippen molar-refractivity contribution in [3.8, 4) is 0 Å². The van der Waals surface area contributed by atoms with Gasteiger partial charge in [0.25, 0.3) is 0 Å². The van der Waals surface area contributed by atoms with Gasteiger partial charge in [-0.15, -0.1) is 0 Å². The first-order chi connectivity index (χ1) is 15.2. The molecule has 1 aliphatic heterocycles. The highest BCUT2D eigenvalue weighted by molar-refractivity contribution is 5.79. The van der Waals surface area contributed by atoms with Crippen LogP contribution in [0.2, 0.25) is 0 Å². The van der Waals surface area contributed by atoms with Crippen LogP contribution in [0.3, 0.4) is 0 Å². The van der Waals surface area contributed by atoms with Crippen LogP contribution in [0.5, 0.6) is 0 Å². The zero-order valence-corrected chi connectivity index (χ0v) is 18.0. The highest BCUT2D eigenvalue weighted by atomic mass is 16.2. The molecule has 1 atom stereocenters. The van der Waals surface area contributed by atoms with E-state index in [1.165, 1.54) is 5.56 Å². The van der Waals surface area contributed by atoms with E-state index in [1.54, 1.807) is 18.6 Å². The van der Waals surface area contributed by atoms with Gasteiger partial charge in [-0.05, 0) is 48.1 Å². The van der Waals surface area contributed by atoms with Crippen LogP contribution >= 0.6 is 0 Å². The summed E-state index contributed by atoms with van der Waals surface area (Å²) >= 11 is 0. The Morgan fingerprint density at radius 1 is 1.00 bits per heavy atom. The topological polar surface area (TPSA) is 62.2 Å². The van der Waals surface area contributed by atoms with Gasteiger partial charge in [-0.25, -0.2) is 9.97 Å². The van der Waals surface area contributed by atoms with Gasteiger partial charge in [0.05, 0.1) is 5.92 Å². The maximum atomic E-state index is 13.6. The van der Waals surface area contributed by atoms with Crippen molar-refractivity contribution < 1.29 is 4.79 Å². The first kappa shape index (κ1) is 21.0. The Morgan fingerprint density at radius 3 is 2.45 bits per heavy atom.